The van der Waals surface area contributed by atoms with Crippen molar-refractivity contribution in [3.05, 3.63) is 41.5 Å². The second-order valence-electron chi connectivity index (χ2n) is 4.96. The van der Waals surface area contributed by atoms with Crippen molar-refractivity contribution in [1.82, 2.24) is 15.0 Å². The predicted octanol–water partition coefficient (Wildman–Crippen LogP) is 3.33. The molecule has 0 aliphatic heterocycles. The van der Waals surface area contributed by atoms with Crippen LogP contribution in [0.5, 0.6) is 5.88 Å². The summed E-state index contributed by atoms with van der Waals surface area (Å²) in [6.45, 7) is 0. The van der Waals surface area contributed by atoms with Gasteiger partial charge in [-0.2, -0.15) is 0 Å². The molecule has 0 saturated carbocycles. The summed E-state index contributed by atoms with van der Waals surface area (Å²) >= 11 is 1.50. The quantitative estimate of drug-likeness (QED) is 0.552. The first-order valence-corrected chi connectivity index (χ1v) is 7.68. The molecule has 0 saturated heterocycles. The Hall–Kier alpha value is -2.93. The van der Waals surface area contributed by atoms with E-state index in [9.17, 15) is 9.90 Å². The fraction of sp³-hybridized carbons (Fsp3) is 0.0625. The average Bonchev–Trinajstić information content (AvgIpc) is 3.16. The molecule has 1 aromatic carbocycles. The molecule has 4 aromatic rings. The Bertz CT molecular complexity index is 1050. The largest absolute Gasteiger partial charge is 0.494 e. The van der Waals surface area contributed by atoms with E-state index in [0.29, 0.717) is 27.7 Å². The zero-order valence-corrected chi connectivity index (χ0v) is 12.8. The van der Waals surface area contributed by atoms with Gasteiger partial charge in [-0.05, 0) is 29.6 Å². The molecule has 6 nitrogen and oxygen atoms in total. The van der Waals surface area contributed by atoms with Crippen LogP contribution >= 0.6 is 11.3 Å². The van der Waals surface area contributed by atoms with Crippen molar-refractivity contribution in [2.24, 2.45) is 0 Å². The average molecular weight is 325 g/mol. The number of H-pyrrole nitrogens is 1. The number of rotatable bonds is 2. The van der Waals surface area contributed by atoms with Crippen LogP contribution in [-0.2, 0) is 4.74 Å². The Morgan fingerprint density at radius 2 is 2.13 bits per heavy atom. The molecule has 0 aliphatic rings. The number of methoxy groups -OCH3 is 1. The van der Waals surface area contributed by atoms with Crippen molar-refractivity contribution in [3.63, 3.8) is 0 Å². The number of hydrogen-bond acceptors (Lipinski definition) is 6. The highest BCUT2D eigenvalue weighted by molar-refractivity contribution is 7.16. The number of hydrogen-bond donors (Lipinski definition) is 2. The summed E-state index contributed by atoms with van der Waals surface area (Å²) in [5.41, 5.74) is 2.31. The van der Waals surface area contributed by atoms with Gasteiger partial charge in [0.2, 0.25) is 0 Å². The normalized spacial score (nSPS) is 11.2. The number of esters is 1. The van der Waals surface area contributed by atoms with Gasteiger partial charge < -0.3 is 14.8 Å². The van der Waals surface area contributed by atoms with Crippen LogP contribution in [0, 0.1) is 0 Å². The maximum atomic E-state index is 11.8. The van der Waals surface area contributed by atoms with E-state index in [2.05, 4.69) is 15.0 Å². The van der Waals surface area contributed by atoms with Crippen LogP contribution < -0.4 is 0 Å². The zero-order chi connectivity index (χ0) is 16.0. The topological polar surface area (TPSA) is 88.1 Å². The van der Waals surface area contributed by atoms with Crippen molar-refractivity contribution in [2.75, 3.05) is 7.11 Å². The molecule has 4 rings (SSSR count). The summed E-state index contributed by atoms with van der Waals surface area (Å²) in [4.78, 5) is 24.1. The molecule has 23 heavy (non-hydrogen) atoms. The van der Waals surface area contributed by atoms with Gasteiger partial charge in [-0.3, -0.25) is 0 Å². The number of thiophene rings is 1. The number of benzene rings is 1. The molecule has 0 atom stereocenters. The number of ether oxygens (including phenoxy) is 1. The fourth-order valence-electron chi connectivity index (χ4n) is 2.65. The minimum absolute atomic E-state index is 0.00761. The molecular weight excluding hydrogens is 314 g/mol. The summed E-state index contributed by atoms with van der Waals surface area (Å²) < 4.78 is 4.76. The van der Waals surface area contributed by atoms with Gasteiger partial charge in [0, 0.05) is 16.3 Å². The third-order valence-electron chi connectivity index (χ3n) is 3.70. The highest BCUT2D eigenvalue weighted by Crippen LogP contribution is 2.39. The van der Waals surface area contributed by atoms with Gasteiger partial charge in [-0.15, -0.1) is 11.3 Å². The van der Waals surface area contributed by atoms with Crippen LogP contribution in [0.1, 0.15) is 10.4 Å². The van der Waals surface area contributed by atoms with E-state index >= 15 is 0 Å². The van der Waals surface area contributed by atoms with Crippen LogP contribution in [0.15, 0.2) is 36.0 Å². The molecule has 0 radical (unpaired) electrons. The number of aromatic nitrogens is 3. The Labute approximate surface area is 134 Å². The van der Waals surface area contributed by atoms with Crippen LogP contribution in [-0.4, -0.2) is 33.1 Å². The number of carbonyl (C=O) groups excluding carboxylic acids is 1. The maximum absolute atomic E-state index is 11.8. The van der Waals surface area contributed by atoms with E-state index < -0.39 is 5.97 Å². The molecule has 0 unspecified atom stereocenters. The third kappa shape index (κ3) is 2.05. The number of aromatic hydroxyl groups is 1. The number of carbonyl (C=O) groups is 1. The van der Waals surface area contributed by atoms with Gasteiger partial charge in [-0.25, -0.2) is 14.8 Å². The number of nitrogens with one attached hydrogen (secondary N) is 1. The van der Waals surface area contributed by atoms with Gasteiger partial charge in [0.15, 0.2) is 5.88 Å². The first kappa shape index (κ1) is 13.7. The Balaban J connectivity index is 2.04. The molecule has 3 aromatic heterocycles. The molecule has 2 N–H and O–H groups in total. The minimum Gasteiger partial charge on any atom is -0.494 e. The van der Waals surface area contributed by atoms with Gasteiger partial charge in [0.25, 0.3) is 0 Å². The van der Waals surface area contributed by atoms with Crippen LogP contribution in [0.4, 0.5) is 0 Å². The van der Waals surface area contributed by atoms with Crippen LogP contribution in [0.3, 0.4) is 0 Å². The van der Waals surface area contributed by atoms with Crippen molar-refractivity contribution in [1.29, 1.82) is 0 Å². The van der Waals surface area contributed by atoms with Crippen LogP contribution in [0.25, 0.3) is 32.4 Å². The lowest BCUT2D eigenvalue weighted by Gasteiger charge is -2.03. The van der Waals surface area contributed by atoms with Crippen molar-refractivity contribution >= 4 is 38.4 Å². The number of aromatic amines is 1. The molecule has 0 aliphatic carbocycles. The Morgan fingerprint density at radius 3 is 2.96 bits per heavy atom. The first-order valence-electron chi connectivity index (χ1n) is 6.80. The lowest BCUT2D eigenvalue weighted by atomic mass is 10.1. The molecule has 3 heterocycles. The molecule has 0 amide bonds. The van der Waals surface area contributed by atoms with Gasteiger partial charge >= 0.3 is 5.97 Å². The molecule has 114 valence electrons. The van der Waals surface area contributed by atoms with Crippen LogP contribution in [0.2, 0.25) is 0 Å². The monoisotopic (exact) mass is 325 g/mol. The van der Waals surface area contributed by atoms with Gasteiger partial charge in [-0.1, -0.05) is 0 Å². The second-order valence-corrected chi connectivity index (χ2v) is 5.86. The molecule has 7 heteroatoms. The zero-order valence-electron chi connectivity index (χ0n) is 12.0. The van der Waals surface area contributed by atoms with Crippen molar-refractivity contribution < 1.29 is 14.6 Å². The summed E-state index contributed by atoms with van der Waals surface area (Å²) in [7, 11) is 1.33. The van der Waals surface area contributed by atoms with Crippen molar-refractivity contribution in [3.8, 4) is 17.1 Å². The van der Waals surface area contributed by atoms with E-state index in [-0.39, 0.29) is 5.88 Å². The molecule has 0 bridgehead atoms. The first-order chi connectivity index (χ1) is 11.2. The van der Waals surface area contributed by atoms with Gasteiger partial charge in [0.1, 0.15) is 11.2 Å². The summed E-state index contributed by atoms with van der Waals surface area (Å²) in [5, 5.41) is 13.8. The standard InChI is InChI=1S/C16H11N3O3S/c1-22-16(21)8-2-3-11-10(6-8)12(14(20)19-11)13-9-4-5-23-15(9)18-7-17-13/h2-7,19-20H,1H3. The maximum Gasteiger partial charge on any atom is 0.337 e. The fourth-order valence-corrected chi connectivity index (χ4v) is 3.38. The molecule has 0 spiro atoms. The highest BCUT2D eigenvalue weighted by atomic mass is 32.1. The van der Waals surface area contributed by atoms with Gasteiger partial charge in [0.05, 0.1) is 23.9 Å². The van der Waals surface area contributed by atoms with Crippen molar-refractivity contribution in [2.45, 2.75) is 0 Å². The SMILES string of the molecule is COC(=O)c1ccc2[nH]c(O)c(-c3ncnc4sccc34)c2c1. The number of nitrogens with zero attached hydrogens (tertiary/aromatic N) is 2. The Morgan fingerprint density at radius 1 is 1.26 bits per heavy atom. The minimum atomic E-state index is -0.429. The van der Waals surface area contributed by atoms with E-state index in [1.165, 1.54) is 24.8 Å². The van der Waals surface area contributed by atoms with E-state index in [1.807, 2.05) is 11.4 Å². The summed E-state index contributed by atoms with van der Waals surface area (Å²) in [5.74, 6) is -0.421. The third-order valence-corrected chi connectivity index (χ3v) is 4.52. The predicted molar refractivity (Wildman–Crippen MR) is 87.7 cm³/mol. The Kier molecular flexibility index (Phi) is 3.02. The number of fused-ring (bicyclic) bond motifs is 2. The van der Waals surface area contributed by atoms with E-state index in [1.54, 1.807) is 18.2 Å². The lowest BCUT2D eigenvalue weighted by Crippen LogP contribution is -2.00. The smallest absolute Gasteiger partial charge is 0.337 e. The molecule has 0 fully saturated rings. The molecular formula is C16H11N3O3S. The lowest BCUT2D eigenvalue weighted by molar-refractivity contribution is 0.0601. The van der Waals surface area contributed by atoms with E-state index in [0.717, 1.165) is 10.2 Å². The second kappa shape index (κ2) is 5.06. The highest BCUT2D eigenvalue weighted by Gasteiger charge is 2.19. The van der Waals surface area contributed by atoms with E-state index in [4.69, 9.17) is 4.74 Å². The summed E-state index contributed by atoms with van der Waals surface area (Å²) in [6, 6.07) is 6.98. The summed E-state index contributed by atoms with van der Waals surface area (Å²) in [6.07, 6.45) is 1.47.